The van der Waals surface area contributed by atoms with Crippen molar-refractivity contribution >= 4 is 17.3 Å². The maximum absolute atomic E-state index is 6.21. The SMILES string of the molecule is Cc1nnn2c1-c1ccc(-c3cnn(C)c3)cc1C(Nc1cccc(Cl)c1)CC2. The van der Waals surface area contributed by atoms with Gasteiger partial charge in [-0.05, 0) is 48.7 Å². The van der Waals surface area contributed by atoms with Crippen LogP contribution in [-0.4, -0.2) is 24.8 Å². The van der Waals surface area contributed by atoms with Crippen molar-refractivity contribution in [1.82, 2.24) is 24.8 Å². The van der Waals surface area contributed by atoms with Crippen molar-refractivity contribution in [3.8, 4) is 22.4 Å². The first kappa shape index (κ1) is 17.9. The fraction of sp³-hybridized carbons (Fsp3) is 0.227. The first-order valence-electron chi connectivity index (χ1n) is 9.64. The van der Waals surface area contributed by atoms with Gasteiger partial charge in [-0.25, -0.2) is 4.68 Å². The molecule has 5 rings (SSSR count). The number of nitrogens with zero attached hydrogens (tertiary/aromatic N) is 5. The molecular formula is C22H21ClN6. The van der Waals surface area contributed by atoms with E-state index in [2.05, 4.69) is 38.9 Å². The lowest BCUT2D eigenvalue weighted by molar-refractivity contribution is 0.539. The van der Waals surface area contributed by atoms with Crippen LogP contribution < -0.4 is 5.32 Å². The van der Waals surface area contributed by atoms with E-state index in [4.69, 9.17) is 11.6 Å². The molecule has 2 aromatic heterocycles. The maximum Gasteiger partial charge on any atom is 0.0918 e. The molecule has 146 valence electrons. The van der Waals surface area contributed by atoms with Gasteiger partial charge in [0.2, 0.25) is 0 Å². The monoisotopic (exact) mass is 404 g/mol. The van der Waals surface area contributed by atoms with Crippen molar-refractivity contribution in [3.63, 3.8) is 0 Å². The van der Waals surface area contributed by atoms with Gasteiger partial charge in [-0.3, -0.25) is 4.68 Å². The van der Waals surface area contributed by atoms with Gasteiger partial charge in [-0.2, -0.15) is 5.10 Å². The molecule has 1 atom stereocenters. The summed E-state index contributed by atoms with van der Waals surface area (Å²) in [4.78, 5) is 0. The predicted octanol–water partition coefficient (Wildman–Crippen LogP) is 4.86. The van der Waals surface area contributed by atoms with Crippen LogP contribution in [0.4, 0.5) is 5.69 Å². The fourth-order valence-corrected chi connectivity index (χ4v) is 4.23. The third kappa shape index (κ3) is 3.29. The quantitative estimate of drug-likeness (QED) is 0.529. The second kappa shape index (κ2) is 7.04. The first-order chi connectivity index (χ1) is 14.1. The highest BCUT2D eigenvalue weighted by Gasteiger charge is 2.25. The van der Waals surface area contributed by atoms with E-state index in [1.165, 1.54) is 5.56 Å². The average Bonchev–Trinajstić information content (AvgIpc) is 3.26. The Balaban J connectivity index is 1.63. The number of aromatic nitrogens is 5. The van der Waals surface area contributed by atoms with Crippen molar-refractivity contribution in [2.75, 3.05) is 5.32 Å². The summed E-state index contributed by atoms with van der Waals surface area (Å²) in [7, 11) is 1.93. The molecule has 29 heavy (non-hydrogen) atoms. The maximum atomic E-state index is 6.21. The third-order valence-corrected chi connectivity index (χ3v) is 5.65. The summed E-state index contributed by atoms with van der Waals surface area (Å²) >= 11 is 6.21. The van der Waals surface area contributed by atoms with E-state index in [-0.39, 0.29) is 6.04 Å². The summed E-state index contributed by atoms with van der Waals surface area (Å²) in [6.07, 6.45) is 4.83. The molecule has 0 saturated carbocycles. The molecule has 0 amide bonds. The Kier molecular flexibility index (Phi) is 4.36. The zero-order valence-corrected chi connectivity index (χ0v) is 17.1. The lowest BCUT2D eigenvalue weighted by Crippen LogP contribution is -2.12. The Morgan fingerprint density at radius 2 is 2.03 bits per heavy atom. The number of anilines is 1. The Labute approximate surface area is 174 Å². The molecule has 7 heteroatoms. The van der Waals surface area contributed by atoms with E-state index < -0.39 is 0 Å². The standard InChI is InChI=1S/C22H21ClN6/c1-14-22-19-7-6-15(16-12-24-28(2)13-16)10-20(19)21(8-9-29(22)27-26-14)25-18-5-3-4-17(23)11-18/h3-7,10-13,21,25H,8-9H2,1-2H3. The van der Waals surface area contributed by atoms with Crippen LogP contribution in [-0.2, 0) is 13.6 Å². The Hall–Kier alpha value is -3.12. The average molecular weight is 405 g/mol. The molecule has 2 aromatic carbocycles. The molecule has 0 bridgehead atoms. The van der Waals surface area contributed by atoms with Crippen LogP contribution >= 0.6 is 11.6 Å². The lowest BCUT2D eigenvalue weighted by Gasteiger charge is -2.21. The number of hydrogen-bond donors (Lipinski definition) is 1. The van der Waals surface area contributed by atoms with Gasteiger partial charge in [0, 0.05) is 41.6 Å². The van der Waals surface area contributed by atoms with E-state index in [0.29, 0.717) is 0 Å². The summed E-state index contributed by atoms with van der Waals surface area (Å²) in [5.41, 5.74) is 7.69. The minimum Gasteiger partial charge on any atom is -0.378 e. The van der Waals surface area contributed by atoms with Crippen LogP contribution in [0.3, 0.4) is 0 Å². The Bertz CT molecular complexity index is 1190. The Morgan fingerprint density at radius 3 is 2.83 bits per heavy atom. The van der Waals surface area contributed by atoms with Crippen molar-refractivity contribution in [3.05, 3.63) is 71.1 Å². The van der Waals surface area contributed by atoms with E-state index >= 15 is 0 Å². The molecule has 1 aliphatic heterocycles. The highest BCUT2D eigenvalue weighted by Crippen LogP contribution is 2.39. The minimum atomic E-state index is 0.126. The van der Waals surface area contributed by atoms with Gasteiger partial charge >= 0.3 is 0 Å². The summed E-state index contributed by atoms with van der Waals surface area (Å²) in [5.74, 6) is 0. The van der Waals surface area contributed by atoms with Gasteiger partial charge < -0.3 is 5.32 Å². The second-order valence-corrected chi connectivity index (χ2v) is 7.88. The molecule has 6 nitrogen and oxygen atoms in total. The van der Waals surface area contributed by atoms with Crippen LogP contribution in [0.15, 0.2) is 54.9 Å². The van der Waals surface area contributed by atoms with Crippen molar-refractivity contribution in [1.29, 1.82) is 0 Å². The molecule has 1 unspecified atom stereocenters. The molecule has 0 saturated heterocycles. The van der Waals surface area contributed by atoms with Gasteiger partial charge in [0.25, 0.3) is 0 Å². The number of nitrogens with one attached hydrogen (secondary N) is 1. The Morgan fingerprint density at radius 1 is 1.14 bits per heavy atom. The number of hydrogen-bond acceptors (Lipinski definition) is 4. The highest BCUT2D eigenvalue weighted by atomic mass is 35.5. The lowest BCUT2D eigenvalue weighted by atomic mass is 9.93. The molecule has 0 radical (unpaired) electrons. The summed E-state index contributed by atoms with van der Waals surface area (Å²) in [6.45, 7) is 2.81. The van der Waals surface area contributed by atoms with E-state index in [1.54, 1.807) is 0 Å². The minimum absolute atomic E-state index is 0.126. The number of halogens is 1. The zero-order chi connectivity index (χ0) is 20.0. The molecular weight excluding hydrogens is 384 g/mol. The van der Waals surface area contributed by atoms with Gasteiger partial charge in [-0.1, -0.05) is 35.0 Å². The smallest absolute Gasteiger partial charge is 0.0918 e. The van der Waals surface area contributed by atoms with Crippen LogP contribution in [0.1, 0.15) is 23.7 Å². The number of rotatable bonds is 3. The molecule has 1 aliphatic rings. The normalized spacial score (nSPS) is 15.5. The van der Waals surface area contributed by atoms with Gasteiger partial charge in [0.1, 0.15) is 0 Å². The van der Waals surface area contributed by atoms with E-state index in [9.17, 15) is 0 Å². The van der Waals surface area contributed by atoms with Gasteiger partial charge in [0.15, 0.2) is 0 Å². The molecule has 0 aliphatic carbocycles. The van der Waals surface area contributed by atoms with Crippen molar-refractivity contribution < 1.29 is 0 Å². The topological polar surface area (TPSA) is 60.6 Å². The summed E-state index contributed by atoms with van der Waals surface area (Å²) in [5, 5.41) is 17.4. The van der Waals surface area contributed by atoms with Gasteiger partial charge in [0.05, 0.1) is 23.6 Å². The largest absolute Gasteiger partial charge is 0.378 e. The van der Waals surface area contributed by atoms with Crippen LogP contribution in [0.25, 0.3) is 22.4 Å². The zero-order valence-electron chi connectivity index (χ0n) is 16.3. The summed E-state index contributed by atoms with van der Waals surface area (Å²) in [6, 6.07) is 14.6. The molecule has 3 heterocycles. The number of aryl methyl sites for hydroxylation is 3. The second-order valence-electron chi connectivity index (χ2n) is 7.45. The third-order valence-electron chi connectivity index (χ3n) is 5.42. The molecule has 4 aromatic rings. The van der Waals surface area contributed by atoms with E-state index in [1.807, 2.05) is 60.0 Å². The van der Waals surface area contributed by atoms with Crippen LogP contribution in [0.2, 0.25) is 5.02 Å². The highest BCUT2D eigenvalue weighted by molar-refractivity contribution is 6.30. The molecule has 0 spiro atoms. The van der Waals surface area contributed by atoms with Crippen LogP contribution in [0, 0.1) is 6.92 Å². The van der Waals surface area contributed by atoms with Gasteiger partial charge in [-0.15, -0.1) is 5.10 Å². The summed E-state index contributed by atoms with van der Waals surface area (Å²) < 4.78 is 3.84. The number of benzene rings is 2. The number of fused-ring (bicyclic) bond motifs is 3. The van der Waals surface area contributed by atoms with Crippen molar-refractivity contribution in [2.45, 2.75) is 25.9 Å². The molecule has 0 fully saturated rings. The fourth-order valence-electron chi connectivity index (χ4n) is 4.04. The van der Waals surface area contributed by atoms with Crippen molar-refractivity contribution in [2.24, 2.45) is 7.05 Å². The van der Waals surface area contributed by atoms with Crippen LogP contribution in [0.5, 0.6) is 0 Å². The first-order valence-corrected chi connectivity index (χ1v) is 10.0. The molecule has 1 N–H and O–H groups in total. The van der Waals surface area contributed by atoms with E-state index in [0.717, 1.165) is 51.8 Å². The predicted molar refractivity (Wildman–Crippen MR) is 115 cm³/mol.